The molecule has 0 amide bonds. The Morgan fingerprint density at radius 2 is 2.00 bits per heavy atom. The highest BCUT2D eigenvalue weighted by Gasteiger charge is 2.00. The Labute approximate surface area is 177 Å². The van der Waals surface area contributed by atoms with Crippen LogP contribution in [0, 0.1) is 6.92 Å². The molecule has 0 atom stereocenters. The quantitative estimate of drug-likeness (QED) is 0.231. The lowest BCUT2D eigenvalue weighted by atomic mass is 10.2. The minimum absolute atomic E-state index is 0. The van der Waals surface area contributed by atoms with E-state index in [4.69, 9.17) is 4.74 Å². The lowest BCUT2D eigenvalue weighted by Gasteiger charge is -2.11. The second-order valence-electron chi connectivity index (χ2n) is 5.69. The van der Waals surface area contributed by atoms with Crippen LogP contribution < -0.4 is 10.6 Å². The number of hydrogen-bond acceptors (Lipinski definition) is 4. The van der Waals surface area contributed by atoms with Crippen LogP contribution in [0.3, 0.4) is 0 Å². The van der Waals surface area contributed by atoms with Gasteiger partial charge in [-0.15, -0.1) is 35.3 Å². The molecule has 2 aromatic rings. The fraction of sp³-hybridized carbons (Fsp3) is 0.474. The first-order chi connectivity index (χ1) is 12.3. The van der Waals surface area contributed by atoms with Crippen LogP contribution in [0.2, 0.25) is 0 Å². The average Bonchev–Trinajstić information content (AvgIpc) is 3.05. The van der Waals surface area contributed by atoms with Gasteiger partial charge in [-0.3, -0.25) is 0 Å². The van der Waals surface area contributed by atoms with Crippen LogP contribution in [0.5, 0.6) is 0 Å². The molecule has 0 saturated heterocycles. The van der Waals surface area contributed by atoms with E-state index >= 15 is 0 Å². The van der Waals surface area contributed by atoms with E-state index in [-0.39, 0.29) is 24.0 Å². The average molecular weight is 488 g/mol. The number of rotatable bonds is 10. The van der Waals surface area contributed by atoms with Crippen molar-refractivity contribution in [3.63, 3.8) is 0 Å². The number of nitrogens with zero attached hydrogens (tertiary/aromatic N) is 2. The second-order valence-corrected chi connectivity index (χ2v) is 7.01. The molecule has 0 aliphatic rings. The first-order valence-corrected chi connectivity index (χ1v) is 9.64. The Morgan fingerprint density at radius 3 is 2.69 bits per heavy atom. The van der Waals surface area contributed by atoms with Gasteiger partial charge in [0.25, 0.3) is 0 Å². The summed E-state index contributed by atoms with van der Waals surface area (Å²) in [6.07, 6.45) is 3.81. The number of thiazole rings is 1. The first kappa shape index (κ1) is 22.9. The van der Waals surface area contributed by atoms with Crippen LogP contribution >= 0.6 is 35.3 Å². The summed E-state index contributed by atoms with van der Waals surface area (Å²) >= 11 is 1.69. The Balaban J connectivity index is 0.00000338. The first-order valence-electron chi connectivity index (χ1n) is 8.83. The number of hydrogen-bond donors (Lipinski definition) is 2. The number of ether oxygens (including phenoxy) is 1. The minimum Gasteiger partial charge on any atom is -0.381 e. The number of aliphatic imine (C=N–C) groups is 1. The van der Waals surface area contributed by atoms with Crippen molar-refractivity contribution in [3.8, 4) is 0 Å². The molecule has 0 spiro atoms. The number of benzene rings is 1. The van der Waals surface area contributed by atoms with Crippen molar-refractivity contribution in [2.45, 2.75) is 33.2 Å². The molecule has 0 unspecified atom stereocenters. The normalized spacial score (nSPS) is 11.1. The molecule has 144 valence electrons. The van der Waals surface area contributed by atoms with Gasteiger partial charge in [-0.2, -0.15) is 0 Å². The fourth-order valence-electron chi connectivity index (χ4n) is 2.28. The zero-order chi connectivity index (χ0) is 17.7. The van der Waals surface area contributed by atoms with Gasteiger partial charge in [0, 0.05) is 30.8 Å². The Bertz CT molecular complexity index is 633. The van der Waals surface area contributed by atoms with Crippen molar-refractivity contribution in [1.82, 2.24) is 15.6 Å². The van der Waals surface area contributed by atoms with Gasteiger partial charge in [0.15, 0.2) is 5.96 Å². The Hall–Kier alpha value is -1.19. The number of halogens is 1. The summed E-state index contributed by atoms with van der Waals surface area (Å²) in [5, 5.41) is 7.64. The molecule has 1 aromatic carbocycles. The van der Waals surface area contributed by atoms with Crippen LogP contribution in [0.1, 0.15) is 28.8 Å². The summed E-state index contributed by atoms with van der Waals surface area (Å²) in [7, 11) is 0. The molecule has 1 heterocycles. The van der Waals surface area contributed by atoms with E-state index in [1.807, 2.05) is 12.3 Å². The molecule has 0 radical (unpaired) electrons. The summed E-state index contributed by atoms with van der Waals surface area (Å²) in [6, 6.07) is 10.4. The van der Waals surface area contributed by atoms with E-state index < -0.39 is 0 Å². The molecule has 2 rings (SSSR count). The van der Waals surface area contributed by atoms with Gasteiger partial charge in [-0.25, -0.2) is 9.98 Å². The summed E-state index contributed by atoms with van der Waals surface area (Å²) in [6.45, 7) is 7.95. The van der Waals surface area contributed by atoms with Crippen LogP contribution in [-0.4, -0.2) is 37.2 Å². The SMILES string of the molecule is CCNC(=NCc1ncc(C)s1)NCCCOCCc1ccccc1.I. The molecule has 1 aromatic heterocycles. The van der Waals surface area contributed by atoms with Crippen LogP contribution in [-0.2, 0) is 17.7 Å². The summed E-state index contributed by atoms with van der Waals surface area (Å²) < 4.78 is 5.70. The lowest BCUT2D eigenvalue weighted by Crippen LogP contribution is -2.38. The Kier molecular flexibility index (Phi) is 12.3. The molecule has 0 fully saturated rings. The highest BCUT2D eigenvalue weighted by Crippen LogP contribution is 2.11. The molecular formula is C19H29IN4OS. The third-order valence-corrected chi connectivity index (χ3v) is 4.42. The lowest BCUT2D eigenvalue weighted by molar-refractivity contribution is 0.135. The highest BCUT2D eigenvalue weighted by molar-refractivity contribution is 14.0. The van der Waals surface area contributed by atoms with Gasteiger partial charge in [-0.05, 0) is 32.3 Å². The third kappa shape index (κ3) is 9.49. The van der Waals surface area contributed by atoms with Crippen LogP contribution in [0.4, 0.5) is 0 Å². The number of aromatic nitrogens is 1. The molecule has 5 nitrogen and oxygen atoms in total. The number of nitrogens with one attached hydrogen (secondary N) is 2. The van der Waals surface area contributed by atoms with Crippen molar-refractivity contribution >= 4 is 41.3 Å². The third-order valence-electron chi connectivity index (χ3n) is 3.52. The maximum Gasteiger partial charge on any atom is 0.191 e. The highest BCUT2D eigenvalue weighted by atomic mass is 127. The van der Waals surface area contributed by atoms with Crippen molar-refractivity contribution in [2.75, 3.05) is 26.3 Å². The van der Waals surface area contributed by atoms with Gasteiger partial charge < -0.3 is 15.4 Å². The van der Waals surface area contributed by atoms with Gasteiger partial charge in [0.05, 0.1) is 13.2 Å². The summed E-state index contributed by atoms with van der Waals surface area (Å²) in [4.78, 5) is 10.1. The molecular weight excluding hydrogens is 459 g/mol. The van der Waals surface area contributed by atoms with Crippen LogP contribution in [0.15, 0.2) is 41.5 Å². The summed E-state index contributed by atoms with van der Waals surface area (Å²) in [5.74, 6) is 0.833. The molecule has 2 N–H and O–H groups in total. The second kappa shape index (κ2) is 13.9. The largest absolute Gasteiger partial charge is 0.381 e. The fourth-order valence-corrected chi connectivity index (χ4v) is 2.99. The maximum absolute atomic E-state index is 5.70. The Morgan fingerprint density at radius 1 is 1.19 bits per heavy atom. The predicted octanol–water partition coefficient (Wildman–Crippen LogP) is 3.77. The van der Waals surface area contributed by atoms with E-state index in [0.717, 1.165) is 50.1 Å². The zero-order valence-corrected chi connectivity index (χ0v) is 18.7. The molecule has 0 aliphatic heterocycles. The monoisotopic (exact) mass is 488 g/mol. The van der Waals surface area contributed by atoms with Crippen molar-refractivity contribution in [2.24, 2.45) is 4.99 Å². The van der Waals surface area contributed by atoms with Crippen molar-refractivity contribution < 1.29 is 4.74 Å². The minimum atomic E-state index is 0. The number of aryl methyl sites for hydroxylation is 1. The van der Waals surface area contributed by atoms with Gasteiger partial charge >= 0.3 is 0 Å². The smallest absolute Gasteiger partial charge is 0.191 e. The van der Waals surface area contributed by atoms with Gasteiger partial charge in [0.2, 0.25) is 0 Å². The van der Waals surface area contributed by atoms with E-state index in [0.29, 0.717) is 6.54 Å². The van der Waals surface area contributed by atoms with Crippen LogP contribution in [0.25, 0.3) is 0 Å². The van der Waals surface area contributed by atoms with E-state index in [1.165, 1.54) is 10.4 Å². The molecule has 7 heteroatoms. The van der Waals surface area contributed by atoms with Crippen molar-refractivity contribution in [3.05, 3.63) is 52.0 Å². The van der Waals surface area contributed by atoms with E-state index in [9.17, 15) is 0 Å². The molecule has 0 aliphatic carbocycles. The number of guanidine groups is 1. The van der Waals surface area contributed by atoms with E-state index in [2.05, 4.69) is 58.7 Å². The molecule has 0 saturated carbocycles. The summed E-state index contributed by atoms with van der Waals surface area (Å²) in [5.41, 5.74) is 1.32. The topological polar surface area (TPSA) is 58.5 Å². The predicted molar refractivity (Wildman–Crippen MR) is 121 cm³/mol. The van der Waals surface area contributed by atoms with Gasteiger partial charge in [0.1, 0.15) is 5.01 Å². The van der Waals surface area contributed by atoms with Gasteiger partial charge in [-0.1, -0.05) is 30.3 Å². The maximum atomic E-state index is 5.70. The van der Waals surface area contributed by atoms with Crippen molar-refractivity contribution in [1.29, 1.82) is 0 Å². The zero-order valence-electron chi connectivity index (χ0n) is 15.5. The molecule has 26 heavy (non-hydrogen) atoms. The standard InChI is InChI=1S/C19H28N4OS.HI/c1-3-20-19(23-15-18-22-14-16(2)25-18)21-11-7-12-24-13-10-17-8-5-4-6-9-17;/h4-6,8-9,14H,3,7,10-13,15H2,1-2H3,(H2,20,21,23);1H. The van der Waals surface area contributed by atoms with E-state index in [1.54, 1.807) is 11.3 Å². The molecule has 0 bridgehead atoms.